The van der Waals surface area contributed by atoms with Crippen molar-refractivity contribution in [2.45, 2.75) is 44.7 Å². The summed E-state index contributed by atoms with van der Waals surface area (Å²) in [5.74, 6) is -0.190. The number of carbonyl (C=O) groups is 1. The van der Waals surface area contributed by atoms with Gasteiger partial charge in [-0.3, -0.25) is 24.3 Å². The minimum Gasteiger partial charge on any atom is -0.341 e. The molecule has 0 bridgehead atoms. The predicted molar refractivity (Wildman–Crippen MR) is 77.0 cm³/mol. The maximum Gasteiger partial charge on any atom is 0.285 e. The van der Waals surface area contributed by atoms with Crippen LogP contribution in [0.1, 0.15) is 32.1 Å². The molecule has 0 unspecified atom stereocenters. The van der Waals surface area contributed by atoms with E-state index in [1.807, 2.05) is 0 Å². The lowest BCUT2D eigenvalue weighted by molar-refractivity contribution is -0.385. The second-order valence-corrected chi connectivity index (χ2v) is 5.41. The Morgan fingerprint density at radius 2 is 2.05 bits per heavy atom. The quantitative estimate of drug-likeness (QED) is 0.622. The molecule has 1 aliphatic carbocycles. The molecule has 0 saturated heterocycles. The molecule has 2 rings (SSSR count). The fourth-order valence-corrected chi connectivity index (χ4v) is 2.68. The first kappa shape index (κ1) is 15.2. The standard InChI is InChI=1S/C14H19N3O4/c1-15(11-5-3-2-4-6-11)14(19)10-16-9-12(17(20)21)7-8-13(16)18/h7-9,11H,2-6,10H2,1H3. The highest BCUT2D eigenvalue weighted by Gasteiger charge is 2.22. The summed E-state index contributed by atoms with van der Waals surface area (Å²) in [6.07, 6.45) is 6.49. The van der Waals surface area contributed by atoms with Crippen molar-refractivity contribution in [2.24, 2.45) is 0 Å². The highest BCUT2D eigenvalue weighted by Crippen LogP contribution is 2.21. The highest BCUT2D eigenvalue weighted by molar-refractivity contribution is 5.76. The van der Waals surface area contributed by atoms with Gasteiger partial charge in [-0.2, -0.15) is 0 Å². The lowest BCUT2D eigenvalue weighted by atomic mass is 9.94. The van der Waals surface area contributed by atoms with Crippen LogP contribution < -0.4 is 5.56 Å². The predicted octanol–water partition coefficient (Wildman–Crippen LogP) is 1.55. The van der Waals surface area contributed by atoms with Crippen molar-refractivity contribution >= 4 is 11.6 Å². The monoisotopic (exact) mass is 293 g/mol. The third-order valence-corrected chi connectivity index (χ3v) is 4.00. The molecule has 0 atom stereocenters. The number of hydrogen-bond donors (Lipinski definition) is 0. The van der Waals surface area contributed by atoms with E-state index in [0.29, 0.717) is 0 Å². The second kappa shape index (κ2) is 6.51. The third-order valence-electron chi connectivity index (χ3n) is 4.00. The van der Waals surface area contributed by atoms with Gasteiger partial charge in [-0.1, -0.05) is 19.3 Å². The summed E-state index contributed by atoms with van der Waals surface area (Å²) in [7, 11) is 1.74. The first-order valence-electron chi connectivity index (χ1n) is 7.09. The van der Waals surface area contributed by atoms with E-state index in [1.54, 1.807) is 11.9 Å². The van der Waals surface area contributed by atoms with Crippen LogP contribution in [-0.4, -0.2) is 33.4 Å². The first-order valence-corrected chi connectivity index (χ1v) is 7.09. The molecule has 1 aliphatic rings. The molecule has 0 spiro atoms. The van der Waals surface area contributed by atoms with Gasteiger partial charge < -0.3 is 4.90 Å². The Bertz CT molecular complexity index is 590. The molecule has 1 fully saturated rings. The summed E-state index contributed by atoms with van der Waals surface area (Å²) in [5.41, 5.74) is -0.603. The summed E-state index contributed by atoms with van der Waals surface area (Å²) in [5, 5.41) is 10.7. The number of carbonyl (C=O) groups excluding carboxylic acids is 1. The second-order valence-electron chi connectivity index (χ2n) is 5.41. The van der Waals surface area contributed by atoms with Crippen molar-refractivity contribution in [1.29, 1.82) is 0 Å². The van der Waals surface area contributed by atoms with Crippen LogP contribution in [-0.2, 0) is 11.3 Å². The molecule has 0 N–H and O–H groups in total. The Kier molecular flexibility index (Phi) is 4.72. The van der Waals surface area contributed by atoms with Gasteiger partial charge in [-0.25, -0.2) is 0 Å². The minimum absolute atomic E-state index is 0.159. The van der Waals surface area contributed by atoms with Gasteiger partial charge in [0.05, 0.1) is 11.1 Å². The molecule has 7 nitrogen and oxygen atoms in total. The molecular weight excluding hydrogens is 274 g/mol. The number of pyridine rings is 1. The SMILES string of the molecule is CN(C(=O)Cn1cc([N+](=O)[O-])ccc1=O)C1CCCCC1. The van der Waals surface area contributed by atoms with Crippen LogP contribution in [0.5, 0.6) is 0 Å². The molecule has 0 aliphatic heterocycles. The zero-order valence-electron chi connectivity index (χ0n) is 12.0. The third kappa shape index (κ3) is 3.68. The normalized spacial score (nSPS) is 15.7. The van der Waals surface area contributed by atoms with E-state index in [2.05, 4.69) is 0 Å². The largest absolute Gasteiger partial charge is 0.341 e. The van der Waals surface area contributed by atoms with E-state index >= 15 is 0 Å². The lowest BCUT2D eigenvalue weighted by Crippen LogP contribution is -2.41. The van der Waals surface area contributed by atoms with Crippen LogP contribution in [0.2, 0.25) is 0 Å². The number of rotatable bonds is 4. The molecule has 7 heteroatoms. The zero-order chi connectivity index (χ0) is 15.4. The summed E-state index contributed by atoms with van der Waals surface area (Å²) in [4.78, 5) is 35.8. The fraction of sp³-hybridized carbons (Fsp3) is 0.571. The molecule has 1 saturated carbocycles. The number of likely N-dealkylation sites (N-methyl/N-ethyl adjacent to an activating group) is 1. The van der Waals surface area contributed by atoms with E-state index in [-0.39, 0.29) is 24.2 Å². The van der Waals surface area contributed by atoms with Crippen LogP contribution in [0.4, 0.5) is 5.69 Å². The van der Waals surface area contributed by atoms with Crippen LogP contribution in [0.25, 0.3) is 0 Å². The molecule has 1 amide bonds. The van der Waals surface area contributed by atoms with Gasteiger partial charge in [0.25, 0.3) is 11.2 Å². The average molecular weight is 293 g/mol. The molecule has 0 aromatic carbocycles. The van der Waals surface area contributed by atoms with Crippen molar-refractivity contribution in [3.63, 3.8) is 0 Å². The van der Waals surface area contributed by atoms with Gasteiger partial charge in [0.2, 0.25) is 5.91 Å². The Labute approximate surface area is 122 Å². The van der Waals surface area contributed by atoms with E-state index in [4.69, 9.17) is 0 Å². The lowest BCUT2D eigenvalue weighted by Gasteiger charge is -2.31. The Morgan fingerprint density at radius 3 is 2.67 bits per heavy atom. The zero-order valence-corrected chi connectivity index (χ0v) is 12.0. The van der Waals surface area contributed by atoms with Gasteiger partial charge in [0.1, 0.15) is 6.54 Å². The Hall–Kier alpha value is -2.18. The average Bonchev–Trinajstić information content (AvgIpc) is 2.49. The smallest absolute Gasteiger partial charge is 0.285 e. The van der Waals surface area contributed by atoms with Crippen molar-refractivity contribution < 1.29 is 9.72 Å². The van der Waals surface area contributed by atoms with E-state index in [1.165, 1.54) is 6.42 Å². The van der Waals surface area contributed by atoms with Crippen LogP contribution in [0, 0.1) is 10.1 Å². The maximum absolute atomic E-state index is 12.2. The molecule has 1 aromatic heterocycles. The topological polar surface area (TPSA) is 85.4 Å². The Balaban J connectivity index is 2.09. The first-order chi connectivity index (χ1) is 9.99. The Morgan fingerprint density at radius 1 is 1.38 bits per heavy atom. The summed E-state index contributed by atoms with van der Waals surface area (Å²) >= 11 is 0. The van der Waals surface area contributed by atoms with Crippen molar-refractivity contribution in [3.8, 4) is 0 Å². The fourth-order valence-electron chi connectivity index (χ4n) is 2.68. The van der Waals surface area contributed by atoms with Gasteiger partial charge in [-0.15, -0.1) is 0 Å². The number of nitrogens with zero attached hydrogens (tertiary/aromatic N) is 3. The molecular formula is C14H19N3O4. The number of hydrogen-bond acceptors (Lipinski definition) is 4. The van der Waals surface area contributed by atoms with Gasteiger partial charge in [-0.05, 0) is 12.8 Å². The van der Waals surface area contributed by atoms with Gasteiger partial charge in [0.15, 0.2) is 0 Å². The maximum atomic E-state index is 12.2. The van der Waals surface area contributed by atoms with E-state index in [9.17, 15) is 19.7 Å². The van der Waals surface area contributed by atoms with Crippen LogP contribution in [0.3, 0.4) is 0 Å². The summed E-state index contributed by atoms with van der Waals surface area (Å²) in [6.45, 7) is -0.159. The van der Waals surface area contributed by atoms with Crippen LogP contribution in [0.15, 0.2) is 23.1 Å². The number of amides is 1. The van der Waals surface area contributed by atoms with Crippen molar-refractivity contribution in [1.82, 2.24) is 9.47 Å². The molecule has 114 valence electrons. The van der Waals surface area contributed by atoms with Crippen molar-refractivity contribution in [3.05, 3.63) is 38.8 Å². The number of aromatic nitrogens is 1. The molecule has 1 heterocycles. The number of nitro groups is 1. The summed E-state index contributed by atoms with van der Waals surface area (Å²) in [6, 6.07) is 2.47. The minimum atomic E-state index is -0.578. The van der Waals surface area contributed by atoms with Gasteiger partial charge in [0, 0.05) is 25.2 Å². The van der Waals surface area contributed by atoms with Gasteiger partial charge >= 0.3 is 0 Å². The molecule has 0 radical (unpaired) electrons. The van der Waals surface area contributed by atoms with Crippen LogP contribution >= 0.6 is 0 Å². The highest BCUT2D eigenvalue weighted by atomic mass is 16.6. The van der Waals surface area contributed by atoms with Crippen molar-refractivity contribution in [2.75, 3.05) is 7.05 Å². The van der Waals surface area contributed by atoms with E-state index in [0.717, 1.165) is 48.6 Å². The summed E-state index contributed by atoms with van der Waals surface area (Å²) < 4.78 is 1.10. The molecule has 21 heavy (non-hydrogen) atoms. The van der Waals surface area contributed by atoms with E-state index < -0.39 is 10.5 Å². The molecule has 1 aromatic rings.